The Morgan fingerprint density at radius 2 is 1.93 bits per heavy atom. The molecule has 8 nitrogen and oxygen atoms in total. The number of anilines is 1. The van der Waals surface area contributed by atoms with Crippen molar-refractivity contribution in [2.75, 3.05) is 38.1 Å². The summed E-state index contributed by atoms with van der Waals surface area (Å²) in [5.74, 6) is 0.252. The maximum absolute atomic E-state index is 14.3. The first-order valence-electron chi connectivity index (χ1n) is 8.95. The van der Waals surface area contributed by atoms with Gasteiger partial charge in [0.1, 0.15) is 5.82 Å². The van der Waals surface area contributed by atoms with E-state index in [-0.39, 0.29) is 17.9 Å². The minimum Gasteiger partial charge on any atom is -0.334 e. The highest BCUT2D eigenvalue weighted by Gasteiger charge is 2.25. The number of quaternary nitrogens is 1. The summed E-state index contributed by atoms with van der Waals surface area (Å²) in [6.45, 7) is 3.60. The number of hydrogen-bond acceptors (Lipinski definition) is 4. The minimum atomic E-state index is -0.516. The molecule has 1 aliphatic heterocycles. The van der Waals surface area contributed by atoms with E-state index >= 15 is 0 Å². The Morgan fingerprint density at radius 3 is 2.63 bits per heavy atom. The van der Waals surface area contributed by atoms with E-state index in [1.54, 1.807) is 29.8 Å². The van der Waals surface area contributed by atoms with Crippen LogP contribution in [0.3, 0.4) is 0 Å². The zero-order valence-electron chi connectivity index (χ0n) is 15.3. The van der Waals surface area contributed by atoms with E-state index in [0.29, 0.717) is 17.2 Å². The van der Waals surface area contributed by atoms with Gasteiger partial charge < -0.3 is 9.80 Å². The number of aryl methyl sites for hydroxylation is 1. The topological polar surface area (TPSA) is 80.4 Å². The molecule has 2 N–H and O–H groups in total. The standard InChI is InChI=1S/C18H21FN6O2/c1-22-7-9-24(10-8-22)17-20-15-14(16(26)21-18(27)23(15)2)25(17)11-12-5-3-4-6-13(12)19/h3-6H,7-11H2,1-2H3,(H,21,26,27)/p+1. The largest absolute Gasteiger partial charge is 0.334 e. The second kappa shape index (κ2) is 6.66. The first kappa shape index (κ1) is 17.5. The number of piperazine rings is 1. The lowest BCUT2D eigenvalue weighted by Crippen LogP contribution is -3.12. The van der Waals surface area contributed by atoms with Crippen molar-refractivity contribution in [3.8, 4) is 0 Å². The predicted molar refractivity (Wildman–Crippen MR) is 99.9 cm³/mol. The van der Waals surface area contributed by atoms with Gasteiger partial charge in [-0.05, 0) is 6.07 Å². The maximum atomic E-state index is 14.3. The van der Waals surface area contributed by atoms with E-state index in [0.717, 1.165) is 26.2 Å². The first-order valence-corrected chi connectivity index (χ1v) is 8.95. The third-order valence-corrected chi connectivity index (χ3v) is 5.17. The molecule has 1 aromatic carbocycles. The summed E-state index contributed by atoms with van der Waals surface area (Å²) in [6.07, 6.45) is 0. The second-order valence-corrected chi connectivity index (χ2v) is 7.02. The summed E-state index contributed by atoms with van der Waals surface area (Å²) in [7, 11) is 3.70. The number of hydrogen-bond donors (Lipinski definition) is 2. The number of H-pyrrole nitrogens is 1. The lowest BCUT2D eigenvalue weighted by Gasteiger charge is -2.31. The Kier molecular flexibility index (Phi) is 4.31. The molecule has 0 saturated carbocycles. The molecule has 1 fully saturated rings. The lowest BCUT2D eigenvalue weighted by atomic mass is 10.2. The molecule has 3 heterocycles. The van der Waals surface area contributed by atoms with E-state index in [1.165, 1.54) is 15.5 Å². The molecule has 2 aromatic heterocycles. The monoisotopic (exact) mass is 373 g/mol. The van der Waals surface area contributed by atoms with E-state index < -0.39 is 11.2 Å². The quantitative estimate of drug-likeness (QED) is 0.614. The third-order valence-electron chi connectivity index (χ3n) is 5.17. The zero-order valence-corrected chi connectivity index (χ0v) is 15.3. The number of likely N-dealkylation sites (N-methyl/N-ethyl adjacent to an activating group) is 1. The van der Waals surface area contributed by atoms with Crippen LogP contribution in [0.5, 0.6) is 0 Å². The predicted octanol–water partition coefficient (Wildman–Crippen LogP) is -1.05. The van der Waals surface area contributed by atoms with Crippen LogP contribution in [-0.2, 0) is 13.6 Å². The lowest BCUT2D eigenvalue weighted by molar-refractivity contribution is -0.880. The molecule has 3 aromatic rings. The van der Waals surface area contributed by atoms with Crippen LogP contribution in [0.2, 0.25) is 0 Å². The van der Waals surface area contributed by atoms with Crippen LogP contribution in [0.1, 0.15) is 5.56 Å². The average Bonchev–Trinajstić information content (AvgIpc) is 3.02. The number of halogens is 1. The number of aromatic amines is 1. The third kappa shape index (κ3) is 3.03. The van der Waals surface area contributed by atoms with Crippen LogP contribution in [-0.4, -0.2) is 52.3 Å². The van der Waals surface area contributed by atoms with Crippen molar-refractivity contribution >= 4 is 17.1 Å². The molecule has 27 heavy (non-hydrogen) atoms. The Hall–Kier alpha value is -2.94. The van der Waals surface area contributed by atoms with Gasteiger partial charge in [0.15, 0.2) is 11.2 Å². The number of aromatic nitrogens is 4. The summed E-state index contributed by atoms with van der Waals surface area (Å²) in [5.41, 5.74) is 0.0226. The second-order valence-electron chi connectivity index (χ2n) is 7.02. The molecule has 0 amide bonds. The Balaban J connectivity index is 1.92. The van der Waals surface area contributed by atoms with E-state index in [2.05, 4.69) is 21.9 Å². The van der Waals surface area contributed by atoms with Crippen molar-refractivity contribution in [2.45, 2.75) is 6.54 Å². The van der Waals surface area contributed by atoms with Gasteiger partial charge in [-0.15, -0.1) is 0 Å². The van der Waals surface area contributed by atoms with Gasteiger partial charge in [0.2, 0.25) is 5.95 Å². The highest BCUT2D eigenvalue weighted by Crippen LogP contribution is 2.22. The van der Waals surface area contributed by atoms with Crippen LogP contribution < -0.4 is 21.0 Å². The van der Waals surface area contributed by atoms with E-state index in [9.17, 15) is 14.0 Å². The summed E-state index contributed by atoms with van der Waals surface area (Å²) < 4.78 is 17.3. The first-order chi connectivity index (χ1) is 13.0. The molecule has 9 heteroatoms. The molecule has 0 spiro atoms. The highest BCUT2D eigenvalue weighted by molar-refractivity contribution is 5.74. The molecule has 142 valence electrons. The summed E-state index contributed by atoms with van der Waals surface area (Å²) >= 11 is 0. The number of fused-ring (bicyclic) bond motifs is 1. The number of nitrogens with one attached hydrogen (secondary N) is 2. The number of imidazole rings is 1. The molecule has 0 unspecified atom stereocenters. The molecule has 1 aliphatic rings. The van der Waals surface area contributed by atoms with Gasteiger partial charge in [-0.2, -0.15) is 4.98 Å². The fourth-order valence-electron chi connectivity index (χ4n) is 3.50. The zero-order chi connectivity index (χ0) is 19.1. The molecule has 4 rings (SSSR count). The van der Waals surface area contributed by atoms with E-state index in [4.69, 9.17) is 0 Å². The summed E-state index contributed by atoms with van der Waals surface area (Å²) in [4.78, 5) is 35.0. The smallest absolute Gasteiger partial charge is 0.329 e. The molecule has 0 bridgehead atoms. The highest BCUT2D eigenvalue weighted by atomic mass is 19.1. The molecular formula is C18H22FN6O2+. The van der Waals surface area contributed by atoms with Gasteiger partial charge >= 0.3 is 5.69 Å². The molecule has 0 radical (unpaired) electrons. The van der Waals surface area contributed by atoms with E-state index in [1.807, 2.05) is 0 Å². The minimum absolute atomic E-state index is 0.166. The Morgan fingerprint density at radius 1 is 1.22 bits per heavy atom. The van der Waals surface area contributed by atoms with Crippen molar-refractivity contribution in [1.29, 1.82) is 0 Å². The van der Waals surface area contributed by atoms with Crippen LogP contribution in [0.15, 0.2) is 33.9 Å². The van der Waals surface area contributed by atoms with Crippen molar-refractivity contribution < 1.29 is 9.29 Å². The van der Waals surface area contributed by atoms with Crippen molar-refractivity contribution in [3.05, 3.63) is 56.5 Å². The number of rotatable bonds is 3. The van der Waals surface area contributed by atoms with Gasteiger partial charge in [-0.1, -0.05) is 18.2 Å². The normalized spacial score (nSPS) is 15.6. The molecular weight excluding hydrogens is 351 g/mol. The maximum Gasteiger partial charge on any atom is 0.329 e. The van der Waals surface area contributed by atoms with Crippen molar-refractivity contribution in [1.82, 2.24) is 19.1 Å². The number of nitrogens with zero attached hydrogens (tertiary/aromatic N) is 4. The fraction of sp³-hybridized carbons (Fsp3) is 0.389. The van der Waals surface area contributed by atoms with Crippen LogP contribution in [0, 0.1) is 5.82 Å². The SMILES string of the molecule is Cn1c(=O)[nH]c(=O)c2c1nc(N1CC[NH+](C)CC1)n2Cc1ccccc1F. The average molecular weight is 373 g/mol. The molecule has 0 aliphatic carbocycles. The van der Waals surface area contributed by atoms with Gasteiger partial charge in [-0.3, -0.25) is 18.9 Å². The number of benzene rings is 1. The Bertz CT molecular complexity index is 1110. The molecule has 1 saturated heterocycles. The van der Waals surface area contributed by atoms with Gasteiger partial charge in [0, 0.05) is 12.6 Å². The van der Waals surface area contributed by atoms with Crippen LogP contribution in [0.25, 0.3) is 11.2 Å². The van der Waals surface area contributed by atoms with Crippen LogP contribution in [0.4, 0.5) is 10.3 Å². The van der Waals surface area contributed by atoms with Gasteiger partial charge in [0.25, 0.3) is 5.56 Å². The van der Waals surface area contributed by atoms with Gasteiger partial charge in [0.05, 0.1) is 39.8 Å². The van der Waals surface area contributed by atoms with Crippen LogP contribution >= 0.6 is 0 Å². The van der Waals surface area contributed by atoms with Crippen molar-refractivity contribution in [3.63, 3.8) is 0 Å². The fourth-order valence-corrected chi connectivity index (χ4v) is 3.50. The summed E-state index contributed by atoms with van der Waals surface area (Å²) in [6, 6.07) is 6.48. The summed E-state index contributed by atoms with van der Waals surface area (Å²) in [5, 5.41) is 0. The van der Waals surface area contributed by atoms with Gasteiger partial charge in [-0.25, -0.2) is 9.18 Å². The molecule has 0 atom stereocenters. The van der Waals surface area contributed by atoms with Crippen molar-refractivity contribution in [2.24, 2.45) is 7.05 Å². The Labute approximate surface area is 154 Å².